The lowest BCUT2D eigenvalue weighted by Gasteiger charge is -2.37. The summed E-state index contributed by atoms with van der Waals surface area (Å²) in [5.41, 5.74) is -0.859. The van der Waals surface area contributed by atoms with Gasteiger partial charge < -0.3 is 24.1 Å². The Morgan fingerprint density at radius 2 is 2.06 bits per heavy atom. The normalized spacial score (nSPS) is 43.7. The van der Waals surface area contributed by atoms with E-state index in [1.807, 2.05) is 20.8 Å². The fraction of sp³-hybridized carbons (Fsp3) is 0.846. The van der Waals surface area contributed by atoms with Crippen molar-refractivity contribution >= 4 is 0 Å². The first kappa shape index (κ1) is 14.0. The monoisotopic (exact) mass is 258 g/mol. The average molecular weight is 258 g/mol. The van der Waals surface area contributed by atoms with Crippen LogP contribution in [0.3, 0.4) is 0 Å². The van der Waals surface area contributed by atoms with E-state index in [0.29, 0.717) is 0 Å². The number of aliphatic hydroxyl groups excluding tert-OH is 1. The smallest absolute Gasteiger partial charge is 0.190 e. The van der Waals surface area contributed by atoms with Gasteiger partial charge in [-0.15, -0.1) is 6.58 Å². The fourth-order valence-corrected chi connectivity index (χ4v) is 2.79. The summed E-state index contributed by atoms with van der Waals surface area (Å²) in [7, 11) is 1.59. The minimum absolute atomic E-state index is 0.0756. The van der Waals surface area contributed by atoms with Gasteiger partial charge in [0, 0.05) is 13.0 Å². The van der Waals surface area contributed by atoms with Crippen molar-refractivity contribution < 1.29 is 24.1 Å². The SMILES string of the molecule is C=C[C@@H](C)[C@]1(CO)O[C@@H]2OC(C)(C)O[C@@H]2[C@@H]1OC. The van der Waals surface area contributed by atoms with E-state index in [2.05, 4.69) is 6.58 Å². The van der Waals surface area contributed by atoms with Gasteiger partial charge in [0.2, 0.25) is 0 Å². The Morgan fingerprint density at radius 3 is 2.56 bits per heavy atom. The van der Waals surface area contributed by atoms with Gasteiger partial charge >= 0.3 is 0 Å². The number of aliphatic hydroxyl groups is 1. The van der Waals surface area contributed by atoms with Crippen molar-refractivity contribution in [3.05, 3.63) is 12.7 Å². The second-order valence-electron chi connectivity index (χ2n) is 5.38. The Bertz CT molecular complexity index is 329. The topological polar surface area (TPSA) is 57.2 Å². The lowest BCUT2D eigenvalue weighted by atomic mass is 9.83. The molecule has 5 nitrogen and oxygen atoms in total. The van der Waals surface area contributed by atoms with E-state index in [1.165, 1.54) is 0 Å². The number of rotatable bonds is 4. The highest BCUT2D eigenvalue weighted by atomic mass is 16.8. The molecule has 0 unspecified atom stereocenters. The van der Waals surface area contributed by atoms with E-state index < -0.39 is 17.7 Å². The van der Waals surface area contributed by atoms with Crippen LogP contribution in [0.4, 0.5) is 0 Å². The summed E-state index contributed by atoms with van der Waals surface area (Å²) in [4.78, 5) is 0. The zero-order valence-corrected chi connectivity index (χ0v) is 11.4. The largest absolute Gasteiger partial charge is 0.393 e. The van der Waals surface area contributed by atoms with Crippen LogP contribution in [0.15, 0.2) is 12.7 Å². The molecule has 2 rings (SSSR count). The van der Waals surface area contributed by atoms with Crippen molar-refractivity contribution in [1.29, 1.82) is 0 Å². The fourth-order valence-electron chi connectivity index (χ4n) is 2.79. The minimum atomic E-state index is -0.859. The van der Waals surface area contributed by atoms with Crippen molar-refractivity contribution in [2.75, 3.05) is 13.7 Å². The molecule has 0 bridgehead atoms. The van der Waals surface area contributed by atoms with E-state index in [4.69, 9.17) is 18.9 Å². The molecule has 2 aliphatic heterocycles. The summed E-state index contributed by atoms with van der Waals surface area (Å²) < 4.78 is 22.9. The minimum Gasteiger partial charge on any atom is -0.393 e. The Kier molecular flexibility index (Phi) is 3.55. The van der Waals surface area contributed by atoms with Gasteiger partial charge in [0.05, 0.1) is 6.61 Å². The zero-order chi connectivity index (χ0) is 13.6. The molecule has 0 aromatic heterocycles. The number of fused-ring (bicyclic) bond motifs is 1. The van der Waals surface area contributed by atoms with E-state index >= 15 is 0 Å². The number of hydrogen-bond acceptors (Lipinski definition) is 5. The second kappa shape index (κ2) is 4.58. The van der Waals surface area contributed by atoms with Gasteiger partial charge in [-0.2, -0.15) is 0 Å². The first-order valence-electron chi connectivity index (χ1n) is 6.20. The average Bonchev–Trinajstić information content (AvgIpc) is 2.76. The van der Waals surface area contributed by atoms with Crippen LogP contribution in [0.5, 0.6) is 0 Å². The molecule has 0 radical (unpaired) electrons. The van der Waals surface area contributed by atoms with Crippen molar-refractivity contribution in [2.24, 2.45) is 5.92 Å². The van der Waals surface area contributed by atoms with E-state index in [0.717, 1.165) is 0 Å². The van der Waals surface area contributed by atoms with Crippen LogP contribution >= 0.6 is 0 Å². The molecular weight excluding hydrogens is 236 g/mol. The van der Waals surface area contributed by atoms with E-state index in [-0.39, 0.29) is 24.7 Å². The molecule has 2 aliphatic rings. The van der Waals surface area contributed by atoms with Crippen LogP contribution in [-0.4, -0.2) is 48.7 Å². The number of hydrogen-bond donors (Lipinski definition) is 1. The third-order valence-corrected chi connectivity index (χ3v) is 3.83. The van der Waals surface area contributed by atoms with E-state index in [9.17, 15) is 5.11 Å². The first-order valence-corrected chi connectivity index (χ1v) is 6.20. The van der Waals surface area contributed by atoms with Gasteiger partial charge in [-0.1, -0.05) is 13.0 Å². The molecule has 2 saturated heterocycles. The molecule has 0 aliphatic carbocycles. The predicted octanol–water partition coefficient (Wildman–Crippen LogP) is 1.06. The van der Waals surface area contributed by atoms with Gasteiger partial charge in [0.15, 0.2) is 12.1 Å². The maximum absolute atomic E-state index is 9.74. The van der Waals surface area contributed by atoms with Crippen LogP contribution in [0.1, 0.15) is 20.8 Å². The number of methoxy groups -OCH3 is 1. The Morgan fingerprint density at radius 1 is 1.39 bits per heavy atom. The van der Waals surface area contributed by atoms with Gasteiger partial charge in [0.1, 0.15) is 17.8 Å². The third kappa shape index (κ3) is 1.90. The standard InChI is InChI=1S/C13H22O5/c1-6-8(2)13(7-14)10(15-5)9-11(18-13)17-12(3,4)16-9/h6,8-11,14H,1,7H2,2-5H3/t8-,9-,10+,11+,13+/m1/s1. The molecule has 18 heavy (non-hydrogen) atoms. The van der Waals surface area contributed by atoms with Gasteiger partial charge in [-0.25, -0.2) is 0 Å². The van der Waals surface area contributed by atoms with Gasteiger partial charge in [-0.3, -0.25) is 0 Å². The van der Waals surface area contributed by atoms with Crippen LogP contribution in [0.2, 0.25) is 0 Å². The predicted molar refractivity (Wildman–Crippen MR) is 64.9 cm³/mol. The zero-order valence-electron chi connectivity index (χ0n) is 11.4. The molecule has 0 aromatic rings. The molecular formula is C13H22O5. The van der Waals surface area contributed by atoms with Crippen LogP contribution in [-0.2, 0) is 18.9 Å². The summed E-state index contributed by atoms with van der Waals surface area (Å²) in [5, 5.41) is 9.74. The quantitative estimate of drug-likeness (QED) is 0.764. The number of ether oxygens (including phenoxy) is 4. The molecule has 0 amide bonds. The molecule has 104 valence electrons. The van der Waals surface area contributed by atoms with Crippen LogP contribution < -0.4 is 0 Å². The highest BCUT2D eigenvalue weighted by Gasteiger charge is 2.63. The molecule has 2 fully saturated rings. The summed E-state index contributed by atoms with van der Waals surface area (Å²) in [5.74, 6) is -0.765. The Hall–Kier alpha value is -0.460. The molecule has 5 heteroatoms. The maximum atomic E-state index is 9.74. The third-order valence-electron chi connectivity index (χ3n) is 3.83. The van der Waals surface area contributed by atoms with Crippen LogP contribution in [0, 0.1) is 5.92 Å². The van der Waals surface area contributed by atoms with Gasteiger partial charge in [0.25, 0.3) is 0 Å². The molecule has 1 N–H and O–H groups in total. The lowest BCUT2D eigenvalue weighted by molar-refractivity contribution is -0.255. The van der Waals surface area contributed by atoms with Crippen molar-refractivity contribution in [1.82, 2.24) is 0 Å². The lowest BCUT2D eigenvalue weighted by Crippen LogP contribution is -2.52. The van der Waals surface area contributed by atoms with Gasteiger partial charge in [-0.05, 0) is 13.8 Å². The van der Waals surface area contributed by atoms with Crippen LogP contribution in [0.25, 0.3) is 0 Å². The van der Waals surface area contributed by atoms with Crippen molar-refractivity contribution in [2.45, 2.75) is 50.7 Å². The molecule has 0 spiro atoms. The highest BCUT2D eigenvalue weighted by molar-refractivity contribution is 5.09. The van der Waals surface area contributed by atoms with Crippen molar-refractivity contribution in [3.63, 3.8) is 0 Å². The molecule has 0 saturated carbocycles. The summed E-state index contributed by atoms with van der Waals surface area (Å²) in [6, 6.07) is 0. The Balaban J connectivity index is 2.29. The maximum Gasteiger partial charge on any atom is 0.190 e. The molecule has 0 aromatic carbocycles. The Labute approximate surface area is 108 Å². The van der Waals surface area contributed by atoms with Crippen molar-refractivity contribution in [3.8, 4) is 0 Å². The summed E-state index contributed by atoms with van der Waals surface area (Å²) in [6.07, 6.45) is 0.510. The first-order chi connectivity index (χ1) is 8.40. The summed E-state index contributed by atoms with van der Waals surface area (Å²) >= 11 is 0. The molecule has 5 atom stereocenters. The summed E-state index contributed by atoms with van der Waals surface area (Å²) in [6.45, 7) is 9.19. The highest BCUT2D eigenvalue weighted by Crippen LogP contribution is 2.46. The second-order valence-corrected chi connectivity index (χ2v) is 5.38. The molecule has 2 heterocycles. The van der Waals surface area contributed by atoms with E-state index in [1.54, 1.807) is 13.2 Å².